The lowest BCUT2D eigenvalue weighted by Crippen LogP contribution is -2.31. The van der Waals surface area contributed by atoms with Crippen LogP contribution in [0.5, 0.6) is 11.5 Å². The molecule has 4 aliphatic rings. The van der Waals surface area contributed by atoms with Crippen molar-refractivity contribution in [2.24, 2.45) is 47.3 Å². The van der Waals surface area contributed by atoms with Gasteiger partial charge in [0.1, 0.15) is 0 Å². The third kappa shape index (κ3) is 13.3. The molecule has 0 spiro atoms. The van der Waals surface area contributed by atoms with E-state index >= 15 is 0 Å². The molecule has 0 radical (unpaired) electrons. The summed E-state index contributed by atoms with van der Waals surface area (Å²) in [6.45, 7) is 9.98. The summed E-state index contributed by atoms with van der Waals surface area (Å²) in [5.41, 5.74) is 1.08. The third-order valence-corrected chi connectivity index (χ3v) is 13.6. The summed E-state index contributed by atoms with van der Waals surface area (Å²) in [5, 5.41) is 0. The molecule has 4 aliphatic carbocycles. The average Bonchev–Trinajstić information content (AvgIpc) is 3.22. The van der Waals surface area contributed by atoms with Crippen molar-refractivity contribution in [2.45, 2.75) is 148 Å². The molecule has 0 unspecified atom stereocenters. The van der Waals surface area contributed by atoms with Gasteiger partial charge in [-0.1, -0.05) is 58.3 Å². The van der Waals surface area contributed by atoms with Gasteiger partial charge in [0.05, 0.1) is 25.0 Å². The maximum atomic E-state index is 13.6. The quantitative estimate of drug-likeness (QED) is 0.0630. The molecular weight excluding hydrogens is 693 g/mol. The number of hydrogen-bond acceptors (Lipinski definition) is 8. The topological polar surface area (TPSA) is 105 Å². The first kappa shape index (κ1) is 42.7. The number of benzene rings is 1. The van der Waals surface area contributed by atoms with Crippen LogP contribution in [0, 0.1) is 47.3 Å². The predicted octanol–water partition coefficient (Wildman–Crippen LogP) is 10.7. The molecule has 5 rings (SSSR count). The van der Waals surface area contributed by atoms with Crippen molar-refractivity contribution in [1.29, 1.82) is 0 Å². The van der Waals surface area contributed by atoms with Gasteiger partial charge in [-0.05, 0) is 162 Å². The lowest BCUT2D eigenvalue weighted by Gasteiger charge is -2.37. The second kappa shape index (κ2) is 22.4. The highest BCUT2D eigenvalue weighted by atomic mass is 16.6. The number of carbonyl (C=O) groups is 4. The van der Waals surface area contributed by atoms with Crippen molar-refractivity contribution in [3.8, 4) is 11.5 Å². The molecule has 0 bridgehead atoms. The fourth-order valence-corrected chi connectivity index (χ4v) is 10.3. The molecule has 0 aliphatic heterocycles. The zero-order valence-electron chi connectivity index (χ0n) is 33.7. The van der Waals surface area contributed by atoms with Crippen LogP contribution >= 0.6 is 0 Å². The summed E-state index contributed by atoms with van der Waals surface area (Å²) in [4.78, 5) is 49.6. The summed E-state index contributed by atoms with van der Waals surface area (Å²) < 4.78 is 22.4. The van der Waals surface area contributed by atoms with Gasteiger partial charge in [0.2, 0.25) is 0 Å². The second-order valence-corrected chi connectivity index (χ2v) is 17.2. The van der Waals surface area contributed by atoms with E-state index in [2.05, 4.69) is 20.1 Å². The normalized spacial score (nSPS) is 28.3. The Morgan fingerprint density at radius 3 is 1.38 bits per heavy atom. The number of esters is 4. The minimum absolute atomic E-state index is 0.128. The van der Waals surface area contributed by atoms with Crippen LogP contribution in [-0.2, 0) is 35.1 Å². The zero-order valence-corrected chi connectivity index (χ0v) is 33.7. The first-order valence-corrected chi connectivity index (χ1v) is 21.9. The van der Waals surface area contributed by atoms with Gasteiger partial charge in [-0.15, -0.1) is 0 Å². The van der Waals surface area contributed by atoms with E-state index in [1.54, 1.807) is 0 Å². The Balaban J connectivity index is 1.03. The van der Waals surface area contributed by atoms with Gasteiger partial charge in [0.25, 0.3) is 0 Å². The molecule has 0 saturated heterocycles. The Hall–Kier alpha value is -3.42. The standard InChI is InChI=1S/C47H68O8/c1-4-9-35-16-29-42(54-46(50)40-25-21-38(22-26-40)36-17-12-33(13-18-36)10-7-30-52-44(48)5-2)43(32-35)55-47(51)41-27-23-39(24-28-41)37-19-14-34(15-20-37)11-8-31-53-45(49)6-3/h5-6,16,29,32-34,36-41H,2-4,7-15,17-28,30-31H2,1H3/t33-,34-,36-,37-,38-,39-,40-,41-. The molecule has 4 fully saturated rings. The highest BCUT2D eigenvalue weighted by Crippen LogP contribution is 2.44. The van der Waals surface area contributed by atoms with Gasteiger partial charge in [0, 0.05) is 12.2 Å². The first-order chi connectivity index (χ1) is 26.8. The lowest BCUT2D eigenvalue weighted by atomic mass is 9.68. The molecule has 0 amide bonds. The predicted molar refractivity (Wildman–Crippen MR) is 214 cm³/mol. The monoisotopic (exact) mass is 760 g/mol. The van der Waals surface area contributed by atoms with Crippen LogP contribution in [-0.4, -0.2) is 37.1 Å². The van der Waals surface area contributed by atoms with E-state index in [-0.39, 0.29) is 35.7 Å². The summed E-state index contributed by atoms with van der Waals surface area (Å²) in [6, 6.07) is 5.71. The summed E-state index contributed by atoms with van der Waals surface area (Å²) in [5.74, 6) is 3.62. The van der Waals surface area contributed by atoms with Crippen LogP contribution in [0.1, 0.15) is 147 Å². The Morgan fingerprint density at radius 2 is 0.982 bits per heavy atom. The van der Waals surface area contributed by atoms with Crippen molar-refractivity contribution in [3.05, 3.63) is 49.1 Å². The van der Waals surface area contributed by atoms with Crippen molar-refractivity contribution >= 4 is 23.9 Å². The molecule has 1 aromatic carbocycles. The number of carbonyl (C=O) groups excluding carboxylic acids is 4. The molecule has 8 heteroatoms. The van der Waals surface area contributed by atoms with Crippen LogP contribution < -0.4 is 9.47 Å². The van der Waals surface area contributed by atoms with E-state index in [0.29, 0.717) is 48.4 Å². The van der Waals surface area contributed by atoms with Crippen LogP contribution in [0.3, 0.4) is 0 Å². The lowest BCUT2D eigenvalue weighted by molar-refractivity contribution is -0.143. The Labute approximate surface area is 330 Å². The first-order valence-electron chi connectivity index (χ1n) is 21.9. The fourth-order valence-electron chi connectivity index (χ4n) is 10.3. The van der Waals surface area contributed by atoms with Crippen LogP contribution in [0.15, 0.2) is 43.5 Å². The van der Waals surface area contributed by atoms with Gasteiger partial charge in [0.15, 0.2) is 11.5 Å². The van der Waals surface area contributed by atoms with Crippen LogP contribution in [0.2, 0.25) is 0 Å². The van der Waals surface area contributed by atoms with Crippen molar-refractivity contribution in [1.82, 2.24) is 0 Å². The molecule has 0 N–H and O–H groups in total. The van der Waals surface area contributed by atoms with Crippen molar-refractivity contribution < 1.29 is 38.1 Å². The largest absolute Gasteiger partial charge is 0.463 e. The molecule has 55 heavy (non-hydrogen) atoms. The second-order valence-electron chi connectivity index (χ2n) is 17.2. The van der Waals surface area contributed by atoms with Crippen molar-refractivity contribution in [3.63, 3.8) is 0 Å². The zero-order chi connectivity index (χ0) is 39.0. The molecule has 0 atom stereocenters. The van der Waals surface area contributed by atoms with E-state index in [1.807, 2.05) is 18.2 Å². The number of rotatable bonds is 18. The average molecular weight is 761 g/mol. The van der Waals surface area contributed by atoms with E-state index in [4.69, 9.17) is 18.9 Å². The van der Waals surface area contributed by atoms with Gasteiger partial charge in [-0.25, -0.2) is 9.59 Å². The highest BCUT2D eigenvalue weighted by Gasteiger charge is 2.36. The summed E-state index contributed by atoms with van der Waals surface area (Å²) in [6.07, 6.45) is 25.9. The molecular formula is C47H68O8. The Bertz CT molecular complexity index is 1400. The molecule has 4 saturated carbocycles. The van der Waals surface area contributed by atoms with E-state index in [9.17, 15) is 19.2 Å². The highest BCUT2D eigenvalue weighted by molar-refractivity contribution is 5.81. The van der Waals surface area contributed by atoms with E-state index in [1.165, 1.54) is 63.5 Å². The number of hydrogen-bond donors (Lipinski definition) is 0. The van der Waals surface area contributed by atoms with Gasteiger partial charge in [-0.3, -0.25) is 9.59 Å². The van der Waals surface area contributed by atoms with Gasteiger partial charge < -0.3 is 18.9 Å². The van der Waals surface area contributed by atoms with E-state index < -0.39 is 0 Å². The maximum Gasteiger partial charge on any atom is 0.330 e. The molecule has 8 nitrogen and oxygen atoms in total. The Morgan fingerprint density at radius 1 is 0.582 bits per heavy atom. The third-order valence-electron chi connectivity index (χ3n) is 13.6. The minimum atomic E-state index is -0.342. The smallest absolute Gasteiger partial charge is 0.330 e. The van der Waals surface area contributed by atoms with Crippen LogP contribution in [0.25, 0.3) is 0 Å². The Kier molecular flexibility index (Phi) is 17.4. The molecule has 0 aromatic heterocycles. The van der Waals surface area contributed by atoms with Gasteiger partial charge >= 0.3 is 23.9 Å². The SMILES string of the molecule is C=CC(=O)OCCC[C@H]1CC[C@H]([C@H]2CC[C@H](C(=O)Oc3ccc(CCC)cc3OC(=O)[C@H]3CC[C@H]([C@H]4CC[C@H](CCCOC(=O)C=C)CC4)CC3)CC2)CC1. The molecule has 304 valence electrons. The molecule has 1 aromatic rings. The molecule has 0 heterocycles. The number of ether oxygens (including phenoxy) is 4. The van der Waals surface area contributed by atoms with Gasteiger partial charge in [-0.2, -0.15) is 0 Å². The summed E-state index contributed by atoms with van der Waals surface area (Å²) in [7, 11) is 0. The van der Waals surface area contributed by atoms with Crippen molar-refractivity contribution in [2.75, 3.05) is 13.2 Å². The van der Waals surface area contributed by atoms with E-state index in [0.717, 1.165) is 107 Å². The van der Waals surface area contributed by atoms with Crippen LogP contribution in [0.4, 0.5) is 0 Å². The number of aryl methyl sites for hydroxylation is 1. The minimum Gasteiger partial charge on any atom is -0.463 e. The maximum absolute atomic E-state index is 13.6. The fraction of sp³-hybridized carbons (Fsp3) is 0.702. The summed E-state index contributed by atoms with van der Waals surface area (Å²) >= 11 is 0.